The summed E-state index contributed by atoms with van der Waals surface area (Å²) in [5, 5.41) is 11.7. The third-order valence-corrected chi connectivity index (χ3v) is 2.57. The van der Waals surface area contributed by atoms with Crippen LogP contribution in [0.1, 0.15) is 12.6 Å². The summed E-state index contributed by atoms with van der Waals surface area (Å²) in [6.45, 7) is 1.32. The summed E-state index contributed by atoms with van der Waals surface area (Å²) in [6.07, 6.45) is 3.04. The first-order valence-electron chi connectivity index (χ1n) is 5.27. The zero-order valence-corrected chi connectivity index (χ0v) is 10.0. The maximum absolute atomic E-state index is 11.7. The second-order valence-electron chi connectivity index (χ2n) is 3.85. The van der Waals surface area contributed by atoms with Gasteiger partial charge in [-0.15, -0.1) is 4.91 Å². The van der Waals surface area contributed by atoms with Crippen molar-refractivity contribution in [2.75, 3.05) is 7.05 Å². The van der Waals surface area contributed by atoms with Gasteiger partial charge in [0.05, 0.1) is 12.0 Å². The second kappa shape index (κ2) is 5.89. The van der Waals surface area contributed by atoms with Crippen LogP contribution in [0.3, 0.4) is 0 Å². The fourth-order valence-electron chi connectivity index (χ4n) is 1.48. The van der Waals surface area contributed by atoms with E-state index in [0.717, 1.165) is 4.90 Å². The van der Waals surface area contributed by atoms with Gasteiger partial charge in [0.25, 0.3) is 5.91 Å². The Kier molecular flexibility index (Phi) is 4.52. The lowest BCUT2D eigenvalue weighted by Crippen LogP contribution is -2.46. The third kappa shape index (κ3) is 3.12. The first-order valence-corrected chi connectivity index (χ1v) is 5.27. The summed E-state index contributed by atoms with van der Waals surface area (Å²) in [6, 6.07) is -2.18. The number of amides is 1. The predicted octanol–water partition coefficient (Wildman–Crippen LogP) is 0.0187. The zero-order valence-electron chi connectivity index (χ0n) is 10.0. The smallest absolute Gasteiger partial charge is 0.326 e. The van der Waals surface area contributed by atoms with Crippen LogP contribution in [0.5, 0.6) is 0 Å². The maximum atomic E-state index is 11.7. The molecule has 1 aromatic heterocycles. The zero-order chi connectivity index (χ0) is 13.7. The predicted molar refractivity (Wildman–Crippen MR) is 61.7 cm³/mol. The van der Waals surface area contributed by atoms with Crippen molar-refractivity contribution >= 4 is 11.9 Å². The molecule has 0 aromatic carbocycles. The largest absolute Gasteiger partial charge is 0.480 e. The number of aromatic amines is 1. The Morgan fingerprint density at radius 3 is 2.72 bits per heavy atom. The molecule has 18 heavy (non-hydrogen) atoms. The normalized spacial score (nSPS) is 13.7. The number of hydrogen-bond acceptors (Lipinski definition) is 5. The van der Waals surface area contributed by atoms with Crippen molar-refractivity contribution in [2.45, 2.75) is 25.4 Å². The van der Waals surface area contributed by atoms with Gasteiger partial charge in [0, 0.05) is 19.7 Å². The highest BCUT2D eigenvalue weighted by Gasteiger charge is 2.30. The first kappa shape index (κ1) is 13.8. The molecule has 0 spiro atoms. The number of nitrogens with one attached hydrogen (secondary N) is 1. The lowest BCUT2D eigenvalue weighted by Gasteiger charge is -2.25. The van der Waals surface area contributed by atoms with Gasteiger partial charge in [0.15, 0.2) is 6.04 Å². The highest BCUT2D eigenvalue weighted by Crippen LogP contribution is 2.08. The first-order chi connectivity index (χ1) is 8.47. The third-order valence-electron chi connectivity index (χ3n) is 2.57. The van der Waals surface area contributed by atoms with Crippen molar-refractivity contribution in [1.82, 2.24) is 14.9 Å². The van der Waals surface area contributed by atoms with Gasteiger partial charge >= 0.3 is 5.97 Å². The second-order valence-corrected chi connectivity index (χ2v) is 3.85. The molecule has 0 bridgehead atoms. The van der Waals surface area contributed by atoms with E-state index in [4.69, 9.17) is 5.11 Å². The minimum atomic E-state index is -1.16. The number of carbonyl (C=O) groups is 2. The van der Waals surface area contributed by atoms with Crippen molar-refractivity contribution in [3.63, 3.8) is 0 Å². The number of nitroso groups, excluding NO2 is 1. The standard InChI is InChI=1S/C10H14N4O4/c1-6(13-18)9(15)14(2)8(10(16)17)3-7-4-11-5-12-7/h4-6,8H,3H2,1-2H3,(H,11,12)(H,16,17). The summed E-state index contributed by atoms with van der Waals surface area (Å²) in [4.78, 5) is 40.7. The molecule has 0 saturated heterocycles. The Labute approximate surface area is 103 Å². The lowest BCUT2D eigenvalue weighted by molar-refractivity contribution is -0.149. The van der Waals surface area contributed by atoms with E-state index in [2.05, 4.69) is 15.1 Å². The van der Waals surface area contributed by atoms with Crippen molar-refractivity contribution in [1.29, 1.82) is 0 Å². The molecular formula is C10H14N4O4. The van der Waals surface area contributed by atoms with Crippen molar-refractivity contribution in [2.24, 2.45) is 5.18 Å². The molecule has 1 rings (SSSR count). The van der Waals surface area contributed by atoms with E-state index < -0.39 is 24.0 Å². The number of aliphatic carboxylic acids is 1. The molecule has 0 aliphatic heterocycles. The molecule has 1 amide bonds. The minimum absolute atomic E-state index is 0.0622. The van der Waals surface area contributed by atoms with E-state index in [1.54, 1.807) is 6.20 Å². The highest BCUT2D eigenvalue weighted by molar-refractivity contribution is 5.86. The topological polar surface area (TPSA) is 116 Å². The Morgan fingerprint density at radius 1 is 1.61 bits per heavy atom. The molecule has 2 unspecified atom stereocenters. The van der Waals surface area contributed by atoms with Crippen molar-refractivity contribution in [3.8, 4) is 0 Å². The van der Waals surface area contributed by atoms with Crippen LogP contribution in [0, 0.1) is 4.91 Å². The molecule has 1 aromatic rings. The number of rotatable bonds is 6. The number of hydrogen-bond donors (Lipinski definition) is 2. The van der Waals surface area contributed by atoms with E-state index >= 15 is 0 Å². The van der Waals surface area contributed by atoms with E-state index in [1.807, 2.05) is 0 Å². The summed E-state index contributed by atoms with van der Waals surface area (Å²) in [5.41, 5.74) is 0.522. The fraction of sp³-hybridized carbons (Fsp3) is 0.500. The number of imidazole rings is 1. The molecule has 2 atom stereocenters. The van der Waals surface area contributed by atoms with Gasteiger partial charge in [-0.05, 0) is 6.92 Å². The molecule has 0 aliphatic carbocycles. The number of likely N-dealkylation sites (N-methyl/N-ethyl adjacent to an activating group) is 1. The van der Waals surface area contributed by atoms with Gasteiger partial charge in [-0.2, -0.15) is 0 Å². The Hall–Kier alpha value is -2.25. The Morgan fingerprint density at radius 2 is 2.28 bits per heavy atom. The summed E-state index contributed by atoms with van der Waals surface area (Å²) < 4.78 is 0. The molecule has 0 radical (unpaired) electrons. The van der Waals surface area contributed by atoms with Crippen LogP contribution in [0.4, 0.5) is 0 Å². The Bertz CT molecular complexity index is 431. The number of carboxylic acids is 1. The molecule has 98 valence electrons. The monoisotopic (exact) mass is 254 g/mol. The molecular weight excluding hydrogens is 240 g/mol. The van der Waals surface area contributed by atoms with Gasteiger partial charge in [-0.1, -0.05) is 5.18 Å². The molecule has 0 aliphatic rings. The van der Waals surface area contributed by atoms with Gasteiger partial charge in [0.2, 0.25) is 0 Å². The van der Waals surface area contributed by atoms with E-state index in [0.29, 0.717) is 5.69 Å². The van der Waals surface area contributed by atoms with Gasteiger partial charge in [-0.25, -0.2) is 9.78 Å². The number of nitrogens with zero attached hydrogens (tertiary/aromatic N) is 3. The van der Waals surface area contributed by atoms with Crippen LogP contribution in [0.25, 0.3) is 0 Å². The fourth-order valence-corrected chi connectivity index (χ4v) is 1.48. The highest BCUT2D eigenvalue weighted by atomic mass is 16.4. The number of aromatic nitrogens is 2. The van der Waals surface area contributed by atoms with Crippen molar-refractivity contribution in [3.05, 3.63) is 23.1 Å². The van der Waals surface area contributed by atoms with Crippen LogP contribution in [-0.4, -0.2) is 51.0 Å². The molecule has 0 saturated carbocycles. The summed E-state index contributed by atoms with van der Waals surface area (Å²) in [5.74, 6) is -1.79. The van der Waals surface area contributed by atoms with Crippen LogP contribution >= 0.6 is 0 Å². The molecule has 0 fully saturated rings. The summed E-state index contributed by atoms with van der Waals surface area (Å²) in [7, 11) is 1.33. The number of carboxylic acid groups (broad SMARTS) is 1. The molecule has 8 heteroatoms. The lowest BCUT2D eigenvalue weighted by atomic mass is 10.1. The van der Waals surface area contributed by atoms with Crippen molar-refractivity contribution < 1.29 is 14.7 Å². The average Bonchev–Trinajstić information content (AvgIpc) is 2.85. The van der Waals surface area contributed by atoms with Crippen LogP contribution in [-0.2, 0) is 16.0 Å². The quantitative estimate of drug-likeness (QED) is 0.694. The number of carbonyl (C=O) groups excluding carboxylic acids is 1. The number of H-pyrrole nitrogens is 1. The van der Waals surface area contributed by atoms with E-state index in [9.17, 15) is 14.5 Å². The summed E-state index contributed by atoms with van der Waals surface area (Å²) >= 11 is 0. The molecule has 2 N–H and O–H groups in total. The van der Waals surface area contributed by atoms with Gasteiger partial charge < -0.3 is 15.0 Å². The van der Waals surface area contributed by atoms with E-state index in [1.165, 1.54) is 20.3 Å². The van der Waals surface area contributed by atoms with Gasteiger partial charge in [0.1, 0.15) is 6.04 Å². The molecule has 1 heterocycles. The average molecular weight is 254 g/mol. The van der Waals surface area contributed by atoms with Crippen LogP contribution < -0.4 is 0 Å². The minimum Gasteiger partial charge on any atom is -0.480 e. The Balaban J connectivity index is 2.81. The van der Waals surface area contributed by atoms with Crippen LogP contribution in [0.2, 0.25) is 0 Å². The van der Waals surface area contributed by atoms with Gasteiger partial charge in [-0.3, -0.25) is 4.79 Å². The maximum Gasteiger partial charge on any atom is 0.326 e. The SMILES string of the molecule is CC(N=O)C(=O)N(C)C(Cc1c[nH]cn1)C(=O)O. The van der Waals surface area contributed by atoms with Crippen LogP contribution in [0.15, 0.2) is 17.7 Å². The van der Waals surface area contributed by atoms with E-state index in [-0.39, 0.29) is 6.42 Å². The molecule has 8 nitrogen and oxygen atoms in total.